The molecule has 1 aliphatic rings. The van der Waals surface area contributed by atoms with Gasteiger partial charge in [0.25, 0.3) is 0 Å². The van der Waals surface area contributed by atoms with Crippen molar-refractivity contribution in [3.8, 4) is 18.4 Å². The predicted molar refractivity (Wildman–Crippen MR) is 188 cm³/mol. The van der Waals surface area contributed by atoms with E-state index >= 15 is 0 Å². The highest BCUT2D eigenvalue weighted by Gasteiger charge is 2.28. The normalized spacial score (nSPS) is 15.7. The fourth-order valence-corrected chi connectivity index (χ4v) is 5.37. The molecule has 0 saturated carbocycles. The zero-order valence-corrected chi connectivity index (χ0v) is 27.7. The maximum atomic E-state index is 12.9. The minimum absolute atomic E-state index is 0. The predicted octanol–water partition coefficient (Wildman–Crippen LogP) is 8.37. The molecule has 0 fully saturated rings. The van der Waals surface area contributed by atoms with Gasteiger partial charge in [-0.1, -0.05) is 124 Å². The van der Waals surface area contributed by atoms with Gasteiger partial charge >= 0.3 is 11.9 Å². The molecule has 3 rings (SSSR count). The van der Waals surface area contributed by atoms with Crippen molar-refractivity contribution in [1.29, 1.82) is 5.26 Å². The molecule has 0 aliphatic heterocycles. The zero-order chi connectivity index (χ0) is 32.5. The van der Waals surface area contributed by atoms with Crippen molar-refractivity contribution in [2.24, 2.45) is 23.7 Å². The van der Waals surface area contributed by atoms with Gasteiger partial charge in [0, 0.05) is 5.92 Å². The van der Waals surface area contributed by atoms with Crippen LogP contribution in [-0.2, 0) is 19.1 Å². The average molecular weight is 614 g/mol. The molecule has 0 heterocycles. The monoisotopic (exact) mass is 613 g/mol. The molecule has 45 heavy (non-hydrogen) atoms. The van der Waals surface area contributed by atoms with Crippen molar-refractivity contribution in [3.63, 3.8) is 0 Å². The van der Waals surface area contributed by atoms with E-state index in [0.717, 1.165) is 72.9 Å². The van der Waals surface area contributed by atoms with Crippen LogP contribution in [0.1, 0.15) is 106 Å². The SMILES string of the molecule is C.C#C/C(C(=O)OCC(CC)CCCC)=c1\ccc2cc3c(cc2c1)C=CC(C(C#N)C(=O)OCC(CC)CCCC)C=3.CC. The quantitative estimate of drug-likeness (QED) is 0.149. The van der Waals surface area contributed by atoms with Crippen LogP contribution < -0.4 is 10.4 Å². The molecule has 0 amide bonds. The van der Waals surface area contributed by atoms with E-state index in [4.69, 9.17) is 15.9 Å². The number of terminal acetylenes is 1. The molecule has 0 radical (unpaired) electrons. The van der Waals surface area contributed by atoms with E-state index in [1.807, 2.05) is 62.4 Å². The van der Waals surface area contributed by atoms with Crippen molar-refractivity contribution in [2.45, 2.75) is 100 Å². The summed E-state index contributed by atoms with van der Waals surface area (Å²) in [5, 5.41) is 13.3. The van der Waals surface area contributed by atoms with E-state index < -0.39 is 17.9 Å². The molecule has 4 unspecified atom stereocenters. The topological polar surface area (TPSA) is 76.4 Å². The summed E-state index contributed by atoms with van der Waals surface area (Å²) in [4.78, 5) is 25.8. The lowest BCUT2D eigenvalue weighted by molar-refractivity contribution is -0.148. The number of nitrogens with zero attached hydrogens (tertiary/aromatic N) is 1. The van der Waals surface area contributed by atoms with Crippen LogP contribution in [0.4, 0.5) is 0 Å². The van der Waals surface area contributed by atoms with Crippen molar-refractivity contribution < 1.29 is 19.1 Å². The molecule has 0 aromatic heterocycles. The van der Waals surface area contributed by atoms with Crippen molar-refractivity contribution in [2.75, 3.05) is 13.2 Å². The molecule has 0 saturated heterocycles. The Morgan fingerprint density at radius 3 is 2.09 bits per heavy atom. The smallest absolute Gasteiger partial charge is 0.347 e. The first-order valence-corrected chi connectivity index (χ1v) is 16.6. The molecule has 2 aromatic rings. The molecule has 2 aromatic carbocycles. The first-order chi connectivity index (χ1) is 21.4. The molecule has 5 nitrogen and oxygen atoms in total. The van der Waals surface area contributed by atoms with Crippen molar-refractivity contribution in [3.05, 3.63) is 52.4 Å². The number of nitriles is 1. The number of rotatable bonds is 15. The number of unbranched alkanes of at least 4 members (excludes halogenated alkanes) is 2. The zero-order valence-electron chi connectivity index (χ0n) is 27.7. The lowest BCUT2D eigenvalue weighted by Crippen LogP contribution is -2.27. The van der Waals surface area contributed by atoms with E-state index in [9.17, 15) is 14.9 Å². The standard InChI is InChI=1S/C37H45NO4.C2H6.CH4/c1-6-11-13-26(8-3)24-41-36(39)34(10-5)30-17-15-28-20-33-22-31(18-16-29(33)19-32(28)21-30)35(23-38)37(40)42-25-27(9-4)14-12-7-2;1-2;/h5,15-22,26-27,31,35H,6-9,11-14,24-25H2,1-4H3;1-2H3;1H4/b34-30-;;. The Morgan fingerprint density at radius 1 is 0.911 bits per heavy atom. The maximum absolute atomic E-state index is 12.9. The van der Waals surface area contributed by atoms with Gasteiger partial charge in [-0.15, -0.1) is 6.42 Å². The Balaban J connectivity index is 0.00000331. The molecule has 0 spiro atoms. The largest absolute Gasteiger partial charge is 0.464 e. The molecule has 0 bridgehead atoms. The van der Waals surface area contributed by atoms with Crippen LogP contribution >= 0.6 is 0 Å². The fraction of sp³-hybridized carbons (Fsp3) is 0.525. The van der Waals surface area contributed by atoms with Gasteiger partial charge in [0.05, 0.1) is 19.3 Å². The van der Waals surface area contributed by atoms with Crippen LogP contribution in [0.2, 0.25) is 0 Å². The lowest BCUT2D eigenvalue weighted by Gasteiger charge is -2.20. The summed E-state index contributed by atoms with van der Waals surface area (Å²) in [6.07, 6.45) is 20.0. The van der Waals surface area contributed by atoms with Gasteiger partial charge in [-0.05, 0) is 69.6 Å². The summed E-state index contributed by atoms with van der Waals surface area (Å²) < 4.78 is 11.2. The minimum atomic E-state index is -0.899. The summed E-state index contributed by atoms with van der Waals surface area (Å²) in [6, 6.07) is 11.9. The van der Waals surface area contributed by atoms with Gasteiger partial charge in [-0.2, -0.15) is 5.26 Å². The first kappa shape index (κ1) is 39.2. The molecule has 5 heteroatoms. The number of esters is 2. The highest BCUT2D eigenvalue weighted by atomic mass is 16.5. The number of benzene rings is 2. The average Bonchev–Trinajstić information content (AvgIpc) is 3.05. The van der Waals surface area contributed by atoms with Crippen LogP contribution in [-0.4, -0.2) is 25.2 Å². The van der Waals surface area contributed by atoms with Gasteiger partial charge in [0.2, 0.25) is 0 Å². The molecular formula is C40H55NO4. The number of allylic oxidation sites excluding steroid dienone is 1. The number of hydrogen-bond donors (Lipinski definition) is 0. The van der Waals surface area contributed by atoms with Crippen LogP contribution in [0.15, 0.2) is 36.4 Å². The Labute approximate surface area is 272 Å². The van der Waals surface area contributed by atoms with Crippen LogP contribution in [0.3, 0.4) is 0 Å². The van der Waals surface area contributed by atoms with Crippen LogP contribution in [0.5, 0.6) is 0 Å². The number of carbonyl (C=O) groups is 2. The van der Waals surface area contributed by atoms with Gasteiger partial charge < -0.3 is 9.47 Å². The summed E-state index contributed by atoms with van der Waals surface area (Å²) >= 11 is 0. The van der Waals surface area contributed by atoms with E-state index in [-0.39, 0.29) is 18.9 Å². The summed E-state index contributed by atoms with van der Waals surface area (Å²) in [5.41, 5.74) is 1.19. The summed E-state index contributed by atoms with van der Waals surface area (Å²) in [7, 11) is 0. The summed E-state index contributed by atoms with van der Waals surface area (Å²) in [6.45, 7) is 13.3. The maximum Gasteiger partial charge on any atom is 0.347 e. The molecule has 4 atom stereocenters. The Morgan fingerprint density at radius 2 is 1.53 bits per heavy atom. The number of carbonyl (C=O) groups excluding carboxylic acids is 2. The van der Waals surface area contributed by atoms with Crippen LogP contribution in [0.25, 0.3) is 28.5 Å². The van der Waals surface area contributed by atoms with Crippen molar-refractivity contribution >= 4 is 40.4 Å². The number of ether oxygens (including phenoxy) is 2. The molecule has 0 N–H and O–H groups in total. The Kier molecular flexibility index (Phi) is 18.3. The Bertz CT molecular complexity index is 1470. The second kappa shape index (κ2) is 21.0. The number of hydrogen-bond acceptors (Lipinski definition) is 5. The third kappa shape index (κ3) is 11.2. The Hall–Kier alpha value is -3.83. The lowest BCUT2D eigenvalue weighted by atomic mass is 9.87. The third-order valence-electron chi connectivity index (χ3n) is 8.33. The molecular weight excluding hydrogens is 558 g/mol. The summed E-state index contributed by atoms with van der Waals surface area (Å²) in [5.74, 6) is 1.00. The van der Waals surface area contributed by atoms with Crippen molar-refractivity contribution in [1.82, 2.24) is 0 Å². The van der Waals surface area contributed by atoms with E-state index in [1.54, 1.807) is 0 Å². The van der Waals surface area contributed by atoms with E-state index in [2.05, 4.69) is 39.7 Å². The van der Waals surface area contributed by atoms with Gasteiger partial charge in [0.1, 0.15) is 5.57 Å². The fourth-order valence-electron chi connectivity index (χ4n) is 5.37. The second-order valence-electron chi connectivity index (χ2n) is 11.3. The highest BCUT2D eigenvalue weighted by Crippen LogP contribution is 2.24. The minimum Gasteiger partial charge on any atom is -0.464 e. The molecule has 244 valence electrons. The third-order valence-corrected chi connectivity index (χ3v) is 8.33. The molecule has 1 aliphatic carbocycles. The number of fused-ring (bicyclic) bond motifs is 2. The van der Waals surface area contributed by atoms with Crippen LogP contribution in [0, 0.1) is 47.3 Å². The van der Waals surface area contributed by atoms with E-state index in [0.29, 0.717) is 30.3 Å². The van der Waals surface area contributed by atoms with Gasteiger partial charge in [0.15, 0.2) is 5.92 Å². The van der Waals surface area contributed by atoms with Gasteiger partial charge in [-0.25, -0.2) is 4.79 Å². The van der Waals surface area contributed by atoms with Gasteiger partial charge in [-0.3, -0.25) is 4.79 Å². The highest BCUT2D eigenvalue weighted by molar-refractivity contribution is 6.16. The second-order valence-corrected chi connectivity index (χ2v) is 11.3. The first-order valence-electron chi connectivity index (χ1n) is 16.6. The van der Waals surface area contributed by atoms with E-state index in [1.165, 1.54) is 0 Å².